The molecule has 3 nitrogen and oxygen atoms in total. The minimum absolute atomic E-state index is 0.0790. The van der Waals surface area contributed by atoms with Crippen LogP contribution in [0.1, 0.15) is 35.3 Å². The monoisotopic (exact) mass is 518 g/mol. The van der Waals surface area contributed by atoms with Gasteiger partial charge < -0.3 is 5.11 Å². The fraction of sp³-hybridized carbons (Fsp3) is 0.136. The first-order chi connectivity index (χ1) is 13.5. The number of aliphatic imine (C=N–C) groups is 1. The third kappa shape index (κ3) is 4.33. The smallest absolute Gasteiger partial charge is 0.126 e. The number of phenols is 1. The largest absolute Gasteiger partial charge is 0.508 e. The van der Waals surface area contributed by atoms with Crippen molar-refractivity contribution in [2.75, 3.05) is 0 Å². The summed E-state index contributed by atoms with van der Waals surface area (Å²) in [4.78, 5) is 4.97. The number of benzene rings is 3. The summed E-state index contributed by atoms with van der Waals surface area (Å²) in [5, 5.41) is 14.7. The first-order valence-corrected chi connectivity index (χ1v) is 10.8. The number of nitrogens with zero attached hydrogens (tertiary/aromatic N) is 1. The summed E-state index contributed by atoms with van der Waals surface area (Å²) < 4.78 is 1.94. The summed E-state index contributed by atoms with van der Waals surface area (Å²) in [6, 6.07) is 21.3. The molecule has 1 aliphatic rings. The van der Waals surface area contributed by atoms with Gasteiger partial charge in [-0.3, -0.25) is 10.3 Å². The number of halogens is 3. The van der Waals surface area contributed by atoms with Gasteiger partial charge in [-0.05, 0) is 53.6 Å². The van der Waals surface area contributed by atoms with E-state index in [0.29, 0.717) is 11.4 Å². The molecule has 28 heavy (non-hydrogen) atoms. The van der Waals surface area contributed by atoms with Crippen LogP contribution in [0.15, 0.2) is 80.7 Å². The van der Waals surface area contributed by atoms with Crippen LogP contribution in [0, 0.1) is 0 Å². The van der Waals surface area contributed by atoms with Gasteiger partial charge in [0.25, 0.3) is 0 Å². The van der Waals surface area contributed by atoms with Crippen LogP contribution in [0.25, 0.3) is 0 Å². The van der Waals surface area contributed by atoms with Crippen LogP contribution in [-0.4, -0.2) is 10.8 Å². The van der Waals surface area contributed by atoms with E-state index >= 15 is 0 Å². The first kappa shape index (κ1) is 19.6. The van der Waals surface area contributed by atoms with E-state index in [1.54, 1.807) is 6.07 Å². The van der Waals surface area contributed by atoms with Gasteiger partial charge in [-0.1, -0.05) is 67.7 Å². The van der Waals surface area contributed by atoms with E-state index in [4.69, 9.17) is 16.6 Å². The predicted molar refractivity (Wildman–Crippen MR) is 121 cm³/mol. The van der Waals surface area contributed by atoms with Crippen LogP contribution in [0.2, 0.25) is 5.02 Å². The van der Waals surface area contributed by atoms with E-state index in [9.17, 15) is 5.11 Å². The number of hydrogen-bond acceptors (Lipinski definition) is 3. The predicted octanol–water partition coefficient (Wildman–Crippen LogP) is 6.79. The van der Waals surface area contributed by atoms with Gasteiger partial charge in [0, 0.05) is 37.7 Å². The quantitative estimate of drug-likeness (QED) is 0.399. The van der Waals surface area contributed by atoms with Gasteiger partial charge in [0.15, 0.2) is 0 Å². The zero-order valence-electron chi connectivity index (χ0n) is 14.7. The van der Waals surface area contributed by atoms with Gasteiger partial charge in [0.1, 0.15) is 11.9 Å². The van der Waals surface area contributed by atoms with Crippen molar-refractivity contribution < 1.29 is 5.11 Å². The van der Waals surface area contributed by atoms with Crippen LogP contribution in [0.4, 0.5) is 0 Å². The van der Waals surface area contributed by atoms with Gasteiger partial charge in [0.2, 0.25) is 0 Å². The molecule has 0 unspecified atom stereocenters. The fourth-order valence-electron chi connectivity index (χ4n) is 3.37. The van der Waals surface area contributed by atoms with Crippen molar-refractivity contribution in [2.24, 2.45) is 4.99 Å². The first-order valence-electron chi connectivity index (χ1n) is 8.82. The lowest BCUT2D eigenvalue weighted by atomic mass is 9.93. The van der Waals surface area contributed by atoms with E-state index in [2.05, 4.69) is 49.3 Å². The molecule has 0 amide bonds. The van der Waals surface area contributed by atoms with Crippen LogP contribution >= 0.6 is 43.5 Å². The normalized spacial score (nSPS) is 19.3. The van der Waals surface area contributed by atoms with Crippen molar-refractivity contribution >= 4 is 49.2 Å². The Kier molecular flexibility index (Phi) is 5.88. The van der Waals surface area contributed by atoms with Crippen molar-refractivity contribution in [3.05, 3.63) is 97.4 Å². The average molecular weight is 521 g/mol. The zero-order valence-corrected chi connectivity index (χ0v) is 18.7. The highest BCUT2D eigenvalue weighted by molar-refractivity contribution is 9.10. The Bertz CT molecular complexity index is 1040. The lowest BCUT2D eigenvalue weighted by Crippen LogP contribution is -2.33. The highest BCUT2D eigenvalue weighted by atomic mass is 79.9. The molecule has 0 aromatic heterocycles. The second-order valence-electron chi connectivity index (χ2n) is 6.67. The molecule has 2 atom stereocenters. The lowest BCUT2D eigenvalue weighted by Gasteiger charge is -2.31. The number of rotatable bonds is 3. The Morgan fingerprint density at radius 1 is 0.964 bits per heavy atom. The molecule has 0 bridgehead atoms. The van der Waals surface area contributed by atoms with E-state index < -0.39 is 0 Å². The van der Waals surface area contributed by atoms with Gasteiger partial charge in [0.05, 0.1) is 0 Å². The molecule has 6 heteroatoms. The van der Waals surface area contributed by atoms with E-state index in [-0.39, 0.29) is 18.0 Å². The molecule has 0 saturated heterocycles. The topological polar surface area (TPSA) is 44.6 Å². The molecular formula is C22H17Br2ClN2O. The Morgan fingerprint density at radius 3 is 2.46 bits per heavy atom. The minimum atomic E-state index is -0.233. The van der Waals surface area contributed by atoms with E-state index in [1.807, 2.05) is 48.5 Å². The molecule has 1 heterocycles. The molecular weight excluding hydrogens is 504 g/mol. The molecule has 142 valence electrons. The van der Waals surface area contributed by atoms with Gasteiger partial charge in [-0.25, -0.2) is 0 Å². The lowest BCUT2D eigenvalue weighted by molar-refractivity contribution is 0.412. The van der Waals surface area contributed by atoms with Crippen molar-refractivity contribution in [1.29, 1.82) is 0 Å². The molecule has 0 spiro atoms. The molecule has 0 aliphatic carbocycles. The Balaban J connectivity index is 1.77. The van der Waals surface area contributed by atoms with Crippen molar-refractivity contribution in [2.45, 2.75) is 18.6 Å². The third-order valence-electron chi connectivity index (χ3n) is 4.75. The van der Waals surface area contributed by atoms with Crippen molar-refractivity contribution in [1.82, 2.24) is 5.32 Å². The van der Waals surface area contributed by atoms with Gasteiger partial charge in [-0.15, -0.1) is 0 Å². The van der Waals surface area contributed by atoms with E-state index in [0.717, 1.165) is 31.3 Å². The number of aromatic hydroxyl groups is 1. The molecule has 3 aromatic rings. The molecule has 0 fully saturated rings. The summed E-state index contributed by atoms with van der Waals surface area (Å²) in [6.07, 6.45) is 0.438. The molecule has 3 aromatic carbocycles. The SMILES string of the molecule is Oc1ccc(Br)cc1[C@@H]1CC(c2cccc(Br)c2)=N[C@H](c2ccc(Cl)cc2)N1. The Hall–Kier alpha value is -1.66. The van der Waals surface area contributed by atoms with Crippen LogP contribution in [0.3, 0.4) is 0 Å². The van der Waals surface area contributed by atoms with Gasteiger partial charge in [-0.2, -0.15) is 0 Å². The summed E-state index contributed by atoms with van der Waals surface area (Å²) in [7, 11) is 0. The second-order valence-corrected chi connectivity index (χ2v) is 8.93. The van der Waals surface area contributed by atoms with Crippen LogP contribution in [-0.2, 0) is 0 Å². The summed E-state index contributed by atoms with van der Waals surface area (Å²) in [5.74, 6) is 0.269. The maximum Gasteiger partial charge on any atom is 0.126 e. The number of nitrogens with one attached hydrogen (secondary N) is 1. The zero-order chi connectivity index (χ0) is 19.7. The van der Waals surface area contributed by atoms with Crippen molar-refractivity contribution in [3.63, 3.8) is 0 Å². The molecule has 2 N–H and O–H groups in total. The Morgan fingerprint density at radius 2 is 1.71 bits per heavy atom. The maximum absolute atomic E-state index is 10.5. The third-order valence-corrected chi connectivity index (χ3v) is 5.99. The molecule has 4 rings (SSSR count). The highest BCUT2D eigenvalue weighted by Crippen LogP contribution is 2.36. The molecule has 1 aliphatic heterocycles. The number of hydrogen-bond donors (Lipinski definition) is 2. The second kappa shape index (κ2) is 8.37. The van der Waals surface area contributed by atoms with Crippen molar-refractivity contribution in [3.8, 4) is 5.75 Å². The minimum Gasteiger partial charge on any atom is -0.508 e. The van der Waals surface area contributed by atoms with Gasteiger partial charge >= 0.3 is 0 Å². The van der Waals surface area contributed by atoms with E-state index in [1.165, 1.54) is 0 Å². The molecule has 0 saturated carbocycles. The Labute approximate surface area is 185 Å². The van der Waals surface area contributed by atoms with Crippen LogP contribution < -0.4 is 5.32 Å². The summed E-state index contributed by atoms with van der Waals surface area (Å²) in [6.45, 7) is 0. The van der Waals surface area contributed by atoms with Crippen LogP contribution in [0.5, 0.6) is 5.75 Å². The highest BCUT2D eigenvalue weighted by Gasteiger charge is 2.27. The maximum atomic E-state index is 10.5. The molecule has 0 radical (unpaired) electrons. The number of phenolic OH excluding ortho intramolecular Hbond substituents is 1. The fourth-order valence-corrected chi connectivity index (χ4v) is 4.27. The summed E-state index contributed by atoms with van der Waals surface area (Å²) >= 11 is 13.1. The average Bonchev–Trinajstić information content (AvgIpc) is 2.70. The standard InChI is InChI=1S/C22H17Br2ClN2O/c23-15-3-1-2-14(10-15)19-12-20(18-11-16(24)6-9-21(18)28)27-22(26-19)13-4-7-17(25)8-5-13/h1-11,20,22,27-28H,12H2/t20-,22-/m0/s1. The summed E-state index contributed by atoms with van der Waals surface area (Å²) in [5.41, 5.74) is 3.92.